The molecule has 10 heteroatoms. The highest BCUT2D eigenvalue weighted by Gasteiger charge is 2.40. The Bertz CT molecular complexity index is 780. The van der Waals surface area contributed by atoms with Gasteiger partial charge in [0.15, 0.2) is 5.78 Å². The number of urea groups is 1. The van der Waals surface area contributed by atoms with Crippen LogP contribution < -0.4 is 4.74 Å². The number of nitrogens with zero attached hydrogens (tertiary/aromatic N) is 2. The molecule has 1 aromatic carbocycles. The third-order valence-corrected chi connectivity index (χ3v) is 5.64. The van der Waals surface area contributed by atoms with Crippen molar-refractivity contribution in [3.8, 4) is 5.75 Å². The molecule has 0 unspecified atom stereocenters. The Morgan fingerprint density at radius 1 is 1.13 bits per heavy atom. The standard InChI is InChI=1S/C20H23F3N2O5/c21-20(22,23)30-16-3-1-13(2-4-16)11-28-17-9-25(10-17)19(27)24-6-5-18-14(8-24)7-15(26)12-29-18/h1-4,14,17-18H,5-12H2/t14-,18+/m1/s1. The smallest absolute Gasteiger partial charge is 0.406 e. The van der Waals surface area contributed by atoms with E-state index >= 15 is 0 Å². The Balaban J connectivity index is 1.19. The summed E-state index contributed by atoms with van der Waals surface area (Å²) in [5, 5.41) is 0. The fraction of sp³-hybridized carbons (Fsp3) is 0.600. The molecule has 0 bridgehead atoms. The van der Waals surface area contributed by atoms with Gasteiger partial charge >= 0.3 is 12.4 Å². The molecule has 3 heterocycles. The molecule has 4 rings (SSSR count). The highest BCUT2D eigenvalue weighted by molar-refractivity contribution is 5.81. The SMILES string of the molecule is O=C1CO[C@H]2CCN(C(=O)N3CC(OCc4ccc(OC(F)(F)F)cc4)C3)C[C@H]2C1. The van der Waals surface area contributed by atoms with Crippen molar-refractivity contribution in [1.29, 1.82) is 0 Å². The van der Waals surface area contributed by atoms with Crippen LogP contribution in [-0.4, -0.2) is 73.0 Å². The van der Waals surface area contributed by atoms with Crippen molar-refractivity contribution in [2.45, 2.75) is 38.0 Å². The zero-order chi connectivity index (χ0) is 21.3. The number of ketones is 1. The molecule has 0 spiro atoms. The number of likely N-dealkylation sites (tertiary alicyclic amines) is 2. The van der Waals surface area contributed by atoms with Crippen LogP contribution in [0, 0.1) is 5.92 Å². The van der Waals surface area contributed by atoms with Crippen molar-refractivity contribution >= 4 is 11.8 Å². The summed E-state index contributed by atoms with van der Waals surface area (Å²) in [5.41, 5.74) is 0.721. The van der Waals surface area contributed by atoms with Crippen molar-refractivity contribution in [2.75, 3.05) is 32.8 Å². The maximum atomic E-state index is 12.7. The Morgan fingerprint density at radius 3 is 2.57 bits per heavy atom. The first-order valence-electron chi connectivity index (χ1n) is 9.90. The minimum Gasteiger partial charge on any atom is -0.406 e. The molecule has 1 aromatic rings. The van der Waals surface area contributed by atoms with Gasteiger partial charge in [0.2, 0.25) is 0 Å². The summed E-state index contributed by atoms with van der Waals surface area (Å²) in [4.78, 5) is 27.7. The number of alkyl halides is 3. The topological polar surface area (TPSA) is 68.3 Å². The van der Waals surface area contributed by atoms with E-state index in [2.05, 4.69) is 4.74 Å². The van der Waals surface area contributed by atoms with Gasteiger partial charge in [-0.15, -0.1) is 13.2 Å². The van der Waals surface area contributed by atoms with Gasteiger partial charge in [-0.2, -0.15) is 0 Å². The molecule has 164 valence electrons. The predicted octanol–water partition coefficient (Wildman–Crippen LogP) is 2.59. The van der Waals surface area contributed by atoms with E-state index in [1.807, 2.05) is 0 Å². The molecule has 30 heavy (non-hydrogen) atoms. The second kappa shape index (κ2) is 8.43. The Labute approximate surface area is 171 Å². The number of benzene rings is 1. The van der Waals surface area contributed by atoms with Crippen molar-refractivity contribution in [3.63, 3.8) is 0 Å². The van der Waals surface area contributed by atoms with Crippen molar-refractivity contribution in [3.05, 3.63) is 29.8 Å². The number of piperidine rings is 1. The lowest BCUT2D eigenvalue weighted by molar-refractivity contribution is -0.274. The number of rotatable bonds is 4. The van der Waals surface area contributed by atoms with E-state index < -0.39 is 6.36 Å². The Morgan fingerprint density at radius 2 is 1.87 bits per heavy atom. The number of Topliss-reactive ketones (excluding diaryl/α,β-unsaturated/α-hetero) is 1. The van der Waals surface area contributed by atoms with E-state index in [1.165, 1.54) is 24.3 Å². The molecule has 2 atom stereocenters. The Hall–Kier alpha value is -2.33. The average Bonchev–Trinajstić information content (AvgIpc) is 2.66. The van der Waals surface area contributed by atoms with Crippen LogP contribution in [0.3, 0.4) is 0 Å². The predicted molar refractivity (Wildman–Crippen MR) is 97.7 cm³/mol. The minimum atomic E-state index is -4.71. The van der Waals surface area contributed by atoms with Crippen LogP contribution in [0.4, 0.5) is 18.0 Å². The molecule has 0 aliphatic carbocycles. The van der Waals surface area contributed by atoms with Gasteiger partial charge in [0.25, 0.3) is 0 Å². The second-order valence-electron chi connectivity index (χ2n) is 7.90. The zero-order valence-electron chi connectivity index (χ0n) is 16.3. The normalized spacial score (nSPS) is 25.0. The maximum Gasteiger partial charge on any atom is 0.573 e. The fourth-order valence-electron chi connectivity index (χ4n) is 4.05. The number of carbonyl (C=O) groups excluding carboxylic acids is 2. The van der Waals surface area contributed by atoms with Crippen LogP contribution in [0.1, 0.15) is 18.4 Å². The summed E-state index contributed by atoms with van der Waals surface area (Å²) in [7, 11) is 0. The lowest BCUT2D eigenvalue weighted by Crippen LogP contribution is -2.61. The van der Waals surface area contributed by atoms with Gasteiger partial charge in [0.05, 0.1) is 31.9 Å². The molecule has 3 saturated heterocycles. The van der Waals surface area contributed by atoms with E-state index in [1.54, 1.807) is 9.80 Å². The number of carbonyl (C=O) groups is 2. The number of halogens is 3. The maximum absolute atomic E-state index is 12.7. The number of ether oxygens (including phenoxy) is 3. The first kappa shape index (κ1) is 20.9. The summed E-state index contributed by atoms with van der Waals surface area (Å²) in [6.07, 6.45) is -3.56. The zero-order valence-corrected chi connectivity index (χ0v) is 16.3. The van der Waals surface area contributed by atoms with Gasteiger partial charge in [0.1, 0.15) is 12.4 Å². The summed E-state index contributed by atoms with van der Waals surface area (Å²) < 4.78 is 51.7. The molecule has 0 saturated carbocycles. The largest absolute Gasteiger partial charge is 0.573 e. The summed E-state index contributed by atoms with van der Waals surface area (Å²) >= 11 is 0. The summed E-state index contributed by atoms with van der Waals surface area (Å²) in [6, 6.07) is 5.46. The van der Waals surface area contributed by atoms with Gasteiger partial charge in [-0.05, 0) is 24.1 Å². The van der Waals surface area contributed by atoms with Gasteiger partial charge in [-0.1, -0.05) is 12.1 Å². The van der Waals surface area contributed by atoms with Crippen molar-refractivity contribution in [1.82, 2.24) is 9.80 Å². The highest BCUT2D eigenvalue weighted by atomic mass is 19.4. The van der Waals surface area contributed by atoms with Gasteiger partial charge < -0.3 is 24.0 Å². The van der Waals surface area contributed by atoms with Gasteiger partial charge in [0, 0.05) is 25.4 Å². The van der Waals surface area contributed by atoms with Gasteiger partial charge in [-0.3, -0.25) is 4.79 Å². The first-order chi connectivity index (χ1) is 14.3. The first-order valence-corrected chi connectivity index (χ1v) is 9.90. The molecule has 0 radical (unpaired) electrons. The van der Waals surface area contributed by atoms with Crippen LogP contribution in [0.25, 0.3) is 0 Å². The van der Waals surface area contributed by atoms with Crippen LogP contribution in [-0.2, 0) is 20.9 Å². The fourth-order valence-corrected chi connectivity index (χ4v) is 4.05. The van der Waals surface area contributed by atoms with Crippen LogP contribution in [0.2, 0.25) is 0 Å². The third kappa shape index (κ3) is 5.04. The lowest BCUT2D eigenvalue weighted by Gasteiger charge is -2.45. The molecular weight excluding hydrogens is 405 g/mol. The van der Waals surface area contributed by atoms with E-state index in [0.717, 1.165) is 12.0 Å². The third-order valence-electron chi connectivity index (χ3n) is 5.64. The molecule has 2 amide bonds. The van der Waals surface area contributed by atoms with Crippen LogP contribution in [0.5, 0.6) is 5.75 Å². The molecule has 0 aromatic heterocycles. The second-order valence-corrected chi connectivity index (χ2v) is 7.90. The van der Waals surface area contributed by atoms with E-state index in [-0.39, 0.29) is 48.9 Å². The lowest BCUT2D eigenvalue weighted by atomic mass is 9.88. The molecule has 3 fully saturated rings. The number of hydrogen-bond donors (Lipinski definition) is 0. The average molecular weight is 428 g/mol. The summed E-state index contributed by atoms with van der Waals surface area (Å²) in [6.45, 7) is 2.50. The Kier molecular flexibility index (Phi) is 5.88. The molecule has 7 nitrogen and oxygen atoms in total. The number of amides is 2. The molecule has 0 N–H and O–H groups in total. The van der Waals surface area contributed by atoms with Crippen molar-refractivity contribution in [2.24, 2.45) is 5.92 Å². The monoisotopic (exact) mass is 428 g/mol. The van der Waals surface area contributed by atoms with E-state index in [4.69, 9.17) is 9.47 Å². The van der Waals surface area contributed by atoms with E-state index in [9.17, 15) is 22.8 Å². The van der Waals surface area contributed by atoms with E-state index in [0.29, 0.717) is 32.6 Å². The molecule has 3 aliphatic heterocycles. The van der Waals surface area contributed by atoms with Crippen LogP contribution >= 0.6 is 0 Å². The molecular formula is C20H23F3N2O5. The number of fused-ring (bicyclic) bond motifs is 1. The van der Waals surface area contributed by atoms with Crippen molar-refractivity contribution < 1.29 is 37.0 Å². The minimum absolute atomic E-state index is 0.0556. The summed E-state index contributed by atoms with van der Waals surface area (Å²) in [5.74, 6) is -0.122. The van der Waals surface area contributed by atoms with Crippen LogP contribution in [0.15, 0.2) is 24.3 Å². The molecule has 3 aliphatic rings. The highest BCUT2D eigenvalue weighted by Crippen LogP contribution is 2.29. The quantitative estimate of drug-likeness (QED) is 0.738. The number of hydrogen-bond acceptors (Lipinski definition) is 5. The van der Waals surface area contributed by atoms with Gasteiger partial charge in [-0.25, -0.2) is 4.79 Å².